The maximum absolute atomic E-state index is 13.0. The van der Waals surface area contributed by atoms with E-state index in [4.69, 9.17) is 4.42 Å². The van der Waals surface area contributed by atoms with Crippen LogP contribution in [-0.4, -0.2) is 73.9 Å². The molecule has 4 heterocycles. The van der Waals surface area contributed by atoms with Crippen molar-refractivity contribution >= 4 is 15.7 Å². The third kappa shape index (κ3) is 3.61. The fourth-order valence-corrected chi connectivity index (χ4v) is 6.29. The van der Waals surface area contributed by atoms with Crippen LogP contribution in [0.3, 0.4) is 0 Å². The van der Waals surface area contributed by atoms with Gasteiger partial charge in [-0.3, -0.25) is 9.69 Å². The molecule has 25 heavy (non-hydrogen) atoms. The molecule has 7 nitrogen and oxygen atoms in total. The van der Waals surface area contributed by atoms with Crippen LogP contribution in [0.25, 0.3) is 0 Å². The van der Waals surface area contributed by atoms with Crippen molar-refractivity contribution in [1.82, 2.24) is 15.1 Å². The van der Waals surface area contributed by atoms with Gasteiger partial charge in [0.1, 0.15) is 5.76 Å². The van der Waals surface area contributed by atoms with E-state index < -0.39 is 9.84 Å². The summed E-state index contributed by atoms with van der Waals surface area (Å²) in [6.45, 7) is 3.82. The molecule has 2 atom stereocenters. The molecule has 0 aromatic carbocycles. The van der Waals surface area contributed by atoms with Gasteiger partial charge < -0.3 is 14.6 Å². The van der Waals surface area contributed by atoms with Gasteiger partial charge in [-0.05, 0) is 38.1 Å². The van der Waals surface area contributed by atoms with Gasteiger partial charge in [0, 0.05) is 25.0 Å². The topological polar surface area (TPSA) is 82.9 Å². The first kappa shape index (κ1) is 17.1. The van der Waals surface area contributed by atoms with Crippen LogP contribution in [-0.2, 0) is 21.2 Å². The Morgan fingerprint density at radius 2 is 2.04 bits per heavy atom. The quantitative estimate of drug-likeness (QED) is 0.815. The number of fused-ring (bicyclic) bond motifs is 1. The predicted molar refractivity (Wildman–Crippen MR) is 92.7 cm³/mol. The highest BCUT2D eigenvalue weighted by molar-refractivity contribution is 7.91. The number of furan rings is 1. The molecular formula is C17H25N3O4S. The number of rotatable bonds is 3. The fraction of sp³-hybridized carbons (Fsp3) is 0.706. The lowest BCUT2D eigenvalue weighted by Gasteiger charge is -2.41. The van der Waals surface area contributed by atoms with Crippen LogP contribution in [0.2, 0.25) is 0 Å². The number of likely N-dealkylation sites (tertiary alicyclic amines) is 1. The second kappa shape index (κ2) is 6.74. The SMILES string of the molecule is O=C(C1CCN(Cc2ccco2)CC1)N1CCN[C@@H]2CS(=O)(=O)C[C@@H]21. The van der Waals surface area contributed by atoms with Gasteiger partial charge in [-0.15, -0.1) is 0 Å². The molecule has 0 bridgehead atoms. The summed E-state index contributed by atoms with van der Waals surface area (Å²) in [6.07, 6.45) is 3.34. The van der Waals surface area contributed by atoms with E-state index in [-0.39, 0.29) is 35.4 Å². The minimum Gasteiger partial charge on any atom is -0.468 e. The minimum atomic E-state index is -3.04. The highest BCUT2D eigenvalue weighted by atomic mass is 32.2. The Labute approximate surface area is 148 Å². The average Bonchev–Trinajstić information content (AvgIpc) is 3.20. The number of nitrogens with one attached hydrogen (secondary N) is 1. The number of nitrogens with zero attached hydrogens (tertiary/aromatic N) is 2. The molecule has 0 unspecified atom stereocenters. The Bertz CT molecular complexity index is 710. The Kier molecular flexibility index (Phi) is 4.59. The fourth-order valence-electron chi connectivity index (χ4n) is 4.34. The second-order valence-corrected chi connectivity index (χ2v) is 9.52. The minimum absolute atomic E-state index is 0.00917. The molecule has 1 N–H and O–H groups in total. The molecule has 0 radical (unpaired) electrons. The highest BCUT2D eigenvalue weighted by Gasteiger charge is 2.45. The van der Waals surface area contributed by atoms with E-state index in [0.29, 0.717) is 13.1 Å². The monoisotopic (exact) mass is 367 g/mol. The molecule has 8 heteroatoms. The molecule has 3 fully saturated rings. The number of sulfone groups is 1. The van der Waals surface area contributed by atoms with Crippen molar-refractivity contribution in [3.05, 3.63) is 24.2 Å². The number of piperidine rings is 1. The van der Waals surface area contributed by atoms with Gasteiger partial charge in [-0.2, -0.15) is 0 Å². The van der Waals surface area contributed by atoms with Crippen molar-refractivity contribution in [2.24, 2.45) is 5.92 Å². The van der Waals surface area contributed by atoms with Crippen molar-refractivity contribution in [3.8, 4) is 0 Å². The van der Waals surface area contributed by atoms with Gasteiger partial charge in [0.25, 0.3) is 0 Å². The van der Waals surface area contributed by atoms with Gasteiger partial charge in [-0.25, -0.2) is 8.42 Å². The van der Waals surface area contributed by atoms with E-state index in [0.717, 1.165) is 38.2 Å². The molecule has 3 aliphatic rings. The summed E-state index contributed by atoms with van der Waals surface area (Å²) >= 11 is 0. The zero-order valence-corrected chi connectivity index (χ0v) is 15.1. The van der Waals surface area contributed by atoms with Crippen molar-refractivity contribution in [2.75, 3.05) is 37.7 Å². The Hall–Kier alpha value is -1.38. The average molecular weight is 367 g/mol. The first-order chi connectivity index (χ1) is 12.0. The number of hydrogen-bond donors (Lipinski definition) is 1. The summed E-state index contributed by atoms with van der Waals surface area (Å²) in [5.41, 5.74) is 0. The molecule has 4 rings (SSSR count). The summed E-state index contributed by atoms with van der Waals surface area (Å²) in [4.78, 5) is 17.2. The lowest BCUT2D eigenvalue weighted by atomic mass is 9.93. The zero-order valence-electron chi connectivity index (χ0n) is 14.3. The molecule has 0 aliphatic carbocycles. The molecule has 3 aliphatic heterocycles. The van der Waals surface area contributed by atoms with Crippen molar-refractivity contribution in [2.45, 2.75) is 31.5 Å². The molecule has 1 aromatic rings. The smallest absolute Gasteiger partial charge is 0.226 e. The van der Waals surface area contributed by atoms with Crippen molar-refractivity contribution in [3.63, 3.8) is 0 Å². The summed E-state index contributed by atoms with van der Waals surface area (Å²) in [6, 6.07) is 3.58. The number of carbonyl (C=O) groups excluding carboxylic acids is 1. The van der Waals surface area contributed by atoms with Crippen LogP contribution in [0.1, 0.15) is 18.6 Å². The van der Waals surface area contributed by atoms with Crippen molar-refractivity contribution in [1.29, 1.82) is 0 Å². The van der Waals surface area contributed by atoms with Gasteiger partial charge in [0.15, 0.2) is 9.84 Å². The van der Waals surface area contributed by atoms with Crippen LogP contribution in [0, 0.1) is 5.92 Å². The van der Waals surface area contributed by atoms with Gasteiger partial charge >= 0.3 is 0 Å². The van der Waals surface area contributed by atoms with Gasteiger partial charge in [0.2, 0.25) is 5.91 Å². The third-order valence-electron chi connectivity index (χ3n) is 5.66. The summed E-state index contributed by atoms with van der Waals surface area (Å²) in [5.74, 6) is 1.36. The largest absolute Gasteiger partial charge is 0.468 e. The molecular weight excluding hydrogens is 342 g/mol. The number of hydrogen-bond acceptors (Lipinski definition) is 6. The van der Waals surface area contributed by atoms with E-state index in [2.05, 4.69) is 10.2 Å². The van der Waals surface area contributed by atoms with Gasteiger partial charge in [-0.1, -0.05) is 0 Å². The summed E-state index contributed by atoms with van der Waals surface area (Å²) in [7, 11) is -3.04. The lowest BCUT2D eigenvalue weighted by Crippen LogP contribution is -2.60. The van der Waals surface area contributed by atoms with Crippen LogP contribution in [0.5, 0.6) is 0 Å². The number of piperazine rings is 1. The number of carbonyl (C=O) groups is 1. The highest BCUT2D eigenvalue weighted by Crippen LogP contribution is 2.27. The van der Waals surface area contributed by atoms with Crippen LogP contribution in [0.4, 0.5) is 0 Å². The van der Waals surface area contributed by atoms with E-state index in [1.54, 1.807) is 6.26 Å². The molecule has 0 saturated carbocycles. The third-order valence-corrected chi connectivity index (χ3v) is 7.38. The first-order valence-electron chi connectivity index (χ1n) is 9.01. The molecule has 1 amide bonds. The van der Waals surface area contributed by atoms with Crippen molar-refractivity contribution < 1.29 is 17.6 Å². The molecule has 0 spiro atoms. The van der Waals surface area contributed by atoms with E-state index >= 15 is 0 Å². The van der Waals surface area contributed by atoms with Crippen LogP contribution >= 0.6 is 0 Å². The number of amides is 1. The maximum atomic E-state index is 13.0. The normalized spacial score (nSPS) is 30.3. The second-order valence-electron chi connectivity index (χ2n) is 7.37. The molecule has 3 saturated heterocycles. The Balaban J connectivity index is 1.35. The zero-order chi connectivity index (χ0) is 17.4. The van der Waals surface area contributed by atoms with Crippen LogP contribution < -0.4 is 5.32 Å². The van der Waals surface area contributed by atoms with Crippen LogP contribution in [0.15, 0.2) is 22.8 Å². The summed E-state index contributed by atoms with van der Waals surface area (Å²) < 4.78 is 29.3. The first-order valence-corrected chi connectivity index (χ1v) is 10.8. The molecule has 1 aromatic heterocycles. The summed E-state index contributed by atoms with van der Waals surface area (Å²) in [5, 5.41) is 3.26. The maximum Gasteiger partial charge on any atom is 0.226 e. The van der Waals surface area contributed by atoms with E-state index in [1.165, 1.54) is 0 Å². The molecule has 138 valence electrons. The lowest BCUT2D eigenvalue weighted by molar-refractivity contribution is -0.140. The Morgan fingerprint density at radius 1 is 1.24 bits per heavy atom. The Morgan fingerprint density at radius 3 is 2.76 bits per heavy atom. The predicted octanol–water partition coefficient (Wildman–Crippen LogP) is 0.0890. The standard InChI is InChI=1S/C17H25N3O4S/c21-17(20-8-5-18-15-11-25(22,23)12-16(15)20)13-3-6-19(7-4-13)10-14-2-1-9-24-14/h1-2,9,13,15-16,18H,3-8,10-12H2/t15-,16+/m1/s1. The van der Waals surface area contributed by atoms with E-state index in [9.17, 15) is 13.2 Å². The van der Waals surface area contributed by atoms with E-state index in [1.807, 2.05) is 17.0 Å². The van der Waals surface area contributed by atoms with Gasteiger partial charge in [0.05, 0.1) is 30.4 Å².